The number of likely N-dealkylation sites (N-methyl/N-ethyl adjacent to an activating group) is 1. The number of ether oxygens (including phenoxy) is 2. The van der Waals surface area contributed by atoms with Crippen molar-refractivity contribution in [1.82, 2.24) is 9.62 Å². The Morgan fingerprint density at radius 3 is 2.84 bits per heavy atom. The lowest BCUT2D eigenvalue weighted by atomic mass is 10.3. The van der Waals surface area contributed by atoms with E-state index in [1.165, 1.54) is 12.1 Å². The van der Waals surface area contributed by atoms with E-state index < -0.39 is 10.0 Å². The molecule has 0 spiro atoms. The van der Waals surface area contributed by atoms with E-state index in [2.05, 4.69) is 9.62 Å². The van der Waals surface area contributed by atoms with Gasteiger partial charge in [0.15, 0.2) is 11.5 Å². The zero-order chi connectivity index (χ0) is 13.5. The Kier molecular flexibility index (Phi) is 3.12. The van der Waals surface area contributed by atoms with Crippen LogP contribution in [0.15, 0.2) is 23.1 Å². The van der Waals surface area contributed by atoms with Crippen molar-refractivity contribution in [3.63, 3.8) is 0 Å². The van der Waals surface area contributed by atoms with Gasteiger partial charge in [0.25, 0.3) is 0 Å². The van der Waals surface area contributed by atoms with Crippen LogP contribution in [-0.2, 0) is 10.0 Å². The van der Waals surface area contributed by atoms with Crippen LogP contribution in [-0.4, -0.2) is 46.3 Å². The number of fused-ring (bicyclic) bond motifs is 1. The van der Waals surface area contributed by atoms with E-state index in [0.29, 0.717) is 11.5 Å². The smallest absolute Gasteiger partial charge is 0.241 e. The van der Waals surface area contributed by atoms with Crippen LogP contribution in [0.2, 0.25) is 0 Å². The summed E-state index contributed by atoms with van der Waals surface area (Å²) in [6.07, 6.45) is 0.834. The van der Waals surface area contributed by atoms with E-state index in [0.717, 1.165) is 19.5 Å². The molecule has 19 heavy (non-hydrogen) atoms. The van der Waals surface area contributed by atoms with Crippen molar-refractivity contribution in [2.75, 3.05) is 26.9 Å². The Hall–Kier alpha value is -1.31. The monoisotopic (exact) mass is 284 g/mol. The Morgan fingerprint density at radius 2 is 2.11 bits per heavy atom. The topological polar surface area (TPSA) is 67.9 Å². The van der Waals surface area contributed by atoms with Crippen molar-refractivity contribution in [2.24, 2.45) is 0 Å². The summed E-state index contributed by atoms with van der Waals surface area (Å²) in [5, 5.41) is 0. The molecule has 7 heteroatoms. The second-order valence-electron chi connectivity index (χ2n) is 4.88. The van der Waals surface area contributed by atoms with Crippen LogP contribution in [0.25, 0.3) is 0 Å². The Bertz CT molecular complexity index is 587. The Morgan fingerprint density at radius 1 is 1.32 bits per heavy atom. The fraction of sp³-hybridized carbons (Fsp3) is 0.500. The number of benzene rings is 1. The summed E-state index contributed by atoms with van der Waals surface area (Å²) in [6.45, 7) is 1.79. The van der Waals surface area contributed by atoms with Gasteiger partial charge in [-0.3, -0.25) is 0 Å². The van der Waals surface area contributed by atoms with Crippen LogP contribution in [0.4, 0.5) is 0 Å². The third-order valence-corrected chi connectivity index (χ3v) is 4.89. The van der Waals surface area contributed by atoms with Crippen LogP contribution in [0, 0.1) is 0 Å². The third kappa shape index (κ3) is 2.54. The maximum atomic E-state index is 12.3. The first-order valence-electron chi connectivity index (χ1n) is 6.15. The van der Waals surface area contributed by atoms with Gasteiger partial charge >= 0.3 is 0 Å². The molecule has 1 aromatic rings. The predicted molar refractivity (Wildman–Crippen MR) is 68.8 cm³/mol. The lowest BCUT2D eigenvalue weighted by Crippen LogP contribution is -2.36. The van der Waals surface area contributed by atoms with Gasteiger partial charge in [-0.05, 0) is 32.1 Å². The molecule has 0 aromatic heterocycles. The van der Waals surface area contributed by atoms with Crippen molar-refractivity contribution in [3.8, 4) is 11.5 Å². The maximum Gasteiger partial charge on any atom is 0.241 e. The average Bonchev–Trinajstić information content (AvgIpc) is 2.96. The number of rotatable bonds is 3. The molecular formula is C12H16N2O4S. The van der Waals surface area contributed by atoms with Gasteiger partial charge < -0.3 is 14.4 Å². The average molecular weight is 284 g/mol. The van der Waals surface area contributed by atoms with Crippen molar-refractivity contribution < 1.29 is 17.9 Å². The second kappa shape index (κ2) is 4.66. The second-order valence-corrected chi connectivity index (χ2v) is 6.60. The molecule has 0 amide bonds. The summed E-state index contributed by atoms with van der Waals surface area (Å²) in [5.74, 6) is 1.06. The van der Waals surface area contributed by atoms with Gasteiger partial charge in [-0.2, -0.15) is 0 Å². The van der Waals surface area contributed by atoms with Crippen molar-refractivity contribution in [3.05, 3.63) is 18.2 Å². The van der Waals surface area contributed by atoms with Crippen LogP contribution in [0.5, 0.6) is 11.5 Å². The van der Waals surface area contributed by atoms with E-state index in [-0.39, 0.29) is 17.7 Å². The van der Waals surface area contributed by atoms with E-state index in [4.69, 9.17) is 9.47 Å². The van der Waals surface area contributed by atoms with Crippen molar-refractivity contribution in [2.45, 2.75) is 17.4 Å². The molecule has 104 valence electrons. The molecule has 6 nitrogen and oxygen atoms in total. The highest BCUT2D eigenvalue weighted by Gasteiger charge is 2.26. The zero-order valence-corrected chi connectivity index (χ0v) is 11.4. The van der Waals surface area contributed by atoms with Crippen molar-refractivity contribution in [1.29, 1.82) is 0 Å². The molecule has 1 N–H and O–H groups in total. The predicted octanol–water partition coefficient (Wildman–Crippen LogP) is 0.398. The highest BCUT2D eigenvalue weighted by Crippen LogP contribution is 2.33. The molecule has 1 aromatic carbocycles. The van der Waals surface area contributed by atoms with Crippen LogP contribution < -0.4 is 14.2 Å². The molecule has 3 rings (SSSR count). The number of likely N-dealkylation sites (tertiary alicyclic amines) is 1. The van der Waals surface area contributed by atoms with E-state index >= 15 is 0 Å². The molecule has 0 bridgehead atoms. The third-order valence-electron chi connectivity index (χ3n) is 3.37. The molecule has 1 unspecified atom stereocenters. The molecule has 0 aliphatic carbocycles. The first-order chi connectivity index (χ1) is 9.04. The van der Waals surface area contributed by atoms with Gasteiger partial charge in [-0.25, -0.2) is 13.1 Å². The number of nitrogens with one attached hydrogen (secondary N) is 1. The summed E-state index contributed by atoms with van der Waals surface area (Å²) < 4.78 is 37.6. The summed E-state index contributed by atoms with van der Waals surface area (Å²) in [4.78, 5) is 2.32. The fourth-order valence-electron chi connectivity index (χ4n) is 2.36. The zero-order valence-electron chi connectivity index (χ0n) is 10.6. The van der Waals surface area contributed by atoms with E-state index in [9.17, 15) is 8.42 Å². The minimum Gasteiger partial charge on any atom is -0.454 e. The van der Waals surface area contributed by atoms with Gasteiger partial charge in [-0.1, -0.05) is 0 Å². The van der Waals surface area contributed by atoms with Gasteiger partial charge in [0.1, 0.15) is 0 Å². The highest BCUT2D eigenvalue weighted by atomic mass is 32.2. The Labute approximate surface area is 112 Å². The van der Waals surface area contributed by atoms with Crippen LogP contribution >= 0.6 is 0 Å². The number of nitrogens with zero attached hydrogens (tertiary/aromatic N) is 1. The highest BCUT2D eigenvalue weighted by molar-refractivity contribution is 7.89. The molecule has 0 saturated carbocycles. The van der Waals surface area contributed by atoms with E-state index in [1.807, 2.05) is 7.05 Å². The molecule has 1 atom stereocenters. The number of hydrogen-bond acceptors (Lipinski definition) is 5. The number of sulfonamides is 1. The Balaban J connectivity index is 1.80. The summed E-state index contributed by atoms with van der Waals surface area (Å²) in [5.41, 5.74) is 0. The first-order valence-corrected chi connectivity index (χ1v) is 7.63. The standard InChI is InChI=1S/C12H16N2O4S/c1-14-5-4-9(7-14)13-19(15,16)10-2-3-11-12(6-10)18-8-17-11/h2-3,6,9,13H,4-5,7-8H2,1H3. The van der Waals surface area contributed by atoms with Crippen LogP contribution in [0.3, 0.4) is 0 Å². The minimum absolute atomic E-state index is 0.0274. The fourth-order valence-corrected chi connectivity index (χ4v) is 3.64. The molecule has 1 fully saturated rings. The van der Waals surface area contributed by atoms with Gasteiger partial charge in [0.2, 0.25) is 16.8 Å². The van der Waals surface area contributed by atoms with Gasteiger partial charge in [0, 0.05) is 18.7 Å². The lowest BCUT2D eigenvalue weighted by molar-refractivity contribution is 0.174. The molecule has 1 saturated heterocycles. The van der Waals surface area contributed by atoms with Crippen molar-refractivity contribution >= 4 is 10.0 Å². The SMILES string of the molecule is CN1CCC(NS(=O)(=O)c2ccc3c(c2)OCO3)C1. The summed E-state index contributed by atoms with van der Waals surface area (Å²) in [7, 11) is -1.52. The molecule has 2 aliphatic heterocycles. The quantitative estimate of drug-likeness (QED) is 0.870. The molecule has 0 radical (unpaired) electrons. The number of hydrogen-bond donors (Lipinski definition) is 1. The normalized spacial score (nSPS) is 22.9. The summed E-state index contributed by atoms with van der Waals surface area (Å²) in [6, 6.07) is 4.63. The maximum absolute atomic E-state index is 12.3. The molecular weight excluding hydrogens is 268 g/mol. The molecule has 2 aliphatic rings. The first kappa shape index (κ1) is 12.7. The van der Waals surface area contributed by atoms with E-state index in [1.54, 1.807) is 6.07 Å². The van der Waals surface area contributed by atoms with Gasteiger partial charge in [0.05, 0.1) is 4.90 Å². The van der Waals surface area contributed by atoms with Crippen LogP contribution in [0.1, 0.15) is 6.42 Å². The summed E-state index contributed by atoms with van der Waals surface area (Å²) >= 11 is 0. The lowest BCUT2D eigenvalue weighted by Gasteiger charge is -2.13. The largest absolute Gasteiger partial charge is 0.454 e. The van der Waals surface area contributed by atoms with Gasteiger partial charge in [-0.15, -0.1) is 0 Å². The molecule has 2 heterocycles. The minimum atomic E-state index is -3.50.